The molecule has 3 aromatic rings. The van der Waals surface area contributed by atoms with Gasteiger partial charge < -0.3 is 10.0 Å². The van der Waals surface area contributed by atoms with E-state index in [-0.39, 0.29) is 18.7 Å². The van der Waals surface area contributed by atoms with Crippen molar-refractivity contribution >= 4 is 60.8 Å². The molecule has 0 saturated carbocycles. The number of benzene rings is 3. The number of carbonyl (C=O) groups excluding carboxylic acids is 1. The maximum atomic E-state index is 13.4. The van der Waals surface area contributed by atoms with Crippen molar-refractivity contribution in [3.63, 3.8) is 0 Å². The maximum Gasteiger partial charge on any atom is 0.416 e. The molecule has 0 bridgehead atoms. The summed E-state index contributed by atoms with van der Waals surface area (Å²) in [5.74, 6) is -1.40. The number of aliphatic carboxylic acids is 1. The molecule has 1 N–H and O–H groups in total. The Labute approximate surface area is 209 Å². The molecular weight excluding hydrogens is 581 g/mol. The first-order valence-corrected chi connectivity index (χ1v) is 11.5. The molecule has 0 fully saturated rings. The van der Waals surface area contributed by atoms with E-state index in [9.17, 15) is 22.8 Å². The summed E-state index contributed by atoms with van der Waals surface area (Å²) in [7, 11) is 0. The molecule has 0 spiro atoms. The Hall–Kier alpha value is -2.98. The van der Waals surface area contributed by atoms with Crippen LogP contribution in [0.15, 0.2) is 74.6 Å². The number of anilines is 1. The fraction of sp³-hybridized carbons (Fsp3) is 0.125. The second kappa shape index (κ2) is 9.34. The summed E-state index contributed by atoms with van der Waals surface area (Å²) in [5.41, 5.74) is 1.95. The summed E-state index contributed by atoms with van der Waals surface area (Å²) in [5, 5.41) is 9.04. The lowest BCUT2D eigenvalue weighted by molar-refractivity contribution is -0.138. The zero-order valence-electron chi connectivity index (χ0n) is 17.2. The van der Waals surface area contributed by atoms with Gasteiger partial charge in [0.1, 0.15) is 5.71 Å². The lowest BCUT2D eigenvalue weighted by Crippen LogP contribution is -2.29. The van der Waals surface area contributed by atoms with Gasteiger partial charge in [0, 0.05) is 14.5 Å². The fourth-order valence-corrected chi connectivity index (χ4v) is 5.08. The monoisotopic (exact) mass is 594 g/mol. The number of aliphatic imine (C=N–C) groups is 1. The molecule has 34 heavy (non-hydrogen) atoms. The summed E-state index contributed by atoms with van der Waals surface area (Å²) in [6, 6.07) is 14.7. The molecular formula is C24H15Br2F3N2O3. The van der Waals surface area contributed by atoms with Crippen LogP contribution in [0.1, 0.15) is 22.3 Å². The van der Waals surface area contributed by atoms with Gasteiger partial charge in [-0.1, -0.05) is 40.2 Å². The highest BCUT2D eigenvalue weighted by atomic mass is 79.9. The number of amides is 1. The van der Waals surface area contributed by atoms with Crippen LogP contribution in [0.25, 0.3) is 0 Å². The number of carboxylic acids is 1. The molecule has 0 aromatic heterocycles. The van der Waals surface area contributed by atoms with Gasteiger partial charge in [-0.3, -0.25) is 9.59 Å². The van der Waals surface area contributed by atoms with Gasteiger partial charge in [-0.05, 0) is 63.5 Å². The smallest absolute Gasteiger partial charge is 0.416 e. The number of hydrogen-bond acceptors (Lipinski definition) is 3. The first-order chi connectivity index (χ1) is 16.0. The maximum absolute atomic E-state index is 13.4. The Morgan fingerprint density at radius 2 is 1.71 bits per heavy atom. The van der Waals surface area contributed by atoms with E-state index in [2.05, 4.69) is 36.9 Å². The summed E-state index contributed by atoms with van der Waals surface area (Å²) < 4.78 is 40.0. The minimum Gasteiger partial charge on any atom is -0.481 e. The Morgan fingerprint density at radius 3 is 2.35 bits per heavy atom. The average molecular weight is 596 g/mol. The average Bonchev–Trinajstić information content (AvgIpc) is 2.99. The predicted octanol–water partition coefficient (Wildman–Crippen LogP) is 6.53. The molecule has 0 atom stereocenters. The molecule has 1 heterocycles. The van der Waals surface area contributed by atoms with Gasteiger partial charge in [0.05, 0.1) is 29.9 Å². The van der Waals surface area contributed by atoms with Crippen LogP contribution in [0.5, 0.6) is 0 Å². The standard InChI is InChI=1S/C24H15Br2F3N2O3/c25-16-10-18-21(30-17-3-1-2-14(8-17)9-20(32)33)23(34)31(22(18)19(26)11-16)12-13-4-6-15(7-5-13)24(27,28)29/h1-8,10-11H,9,12H2,(H,32,33)/b30-21-. The quantitative estimate of drug-likeness (QED) is 0.365. The third-order valence-electron chi connectivity index (χ3n) is 5.13. The highest BCUT2D eigenvalue weighted by molar-refractivity contribution is 9.11. The first-order valence-electron chi connectivity index (χ1n) is 9.90. The second-order valence-corrected chi connectivity index (χ2v) is 9.34. The molecule has 0 aliphatic carbocycles. The van der Waals surface area contributed by atoms with E-state index in [0.29, 0.717) is 37.0 Å². The molecule has 1 aliphatic heterocycles. The van der Waals surface area contributed by atoms with Crippen molar-refractivity contribution < 1.29 is 27.9 Å². The van der Waals surface area contributed by atoms with Crippen LogP contribution in [-0.4, -0.2) is 22.7 Å². The van der Waals surface area contributed by atoms with E-state index >= 15 is 0 Å². The van der Waals surface area contributed by atoms with Crippen molar-refractivity contribution in [1.82, 2.24) is 0 Å². The van der Waals surface area contributed by atoms with Crippen LogP contribution in [0.2, 0.25) is 0 Å². The topological polar surface area (TPSA) is 70.0 Å². The molecule has 0 unspecified atom stereocenters. The number of nitrogens with zero attached hydrogens (tertiary/aromatic N) is 2. The summed E-state index contributed by atoms with van der Waals surface area (Å²) in [4.78, 5) is 30.4. The molecule has 174 valence electrons. The molecule has 0 saturated heterocycles. The third kappa shape index (κ3) is 5.07. The minimum atomic E-state index is -4.45. The number of hydrogen-bond donors (Lipinski definition) is 1. The number of alkyl halides is 3. The number of fused-ring (bicyclic) bond motifs is 1. The minimum absolute atomic E-state index is 0.0439. The van der Waals surface area contributed by atoms with Crippen molar-refractivity contribution in [2.75, 3.05) is 4.90 Å². The van der Waals surface area contributed by atoms with E-state index in [1.165, 1.54) is 17.0 Å². The second-order valence-electron chi connectivity index (χ2n) is 7.57. The van der Waals surface area contributed by atoms with E-state index in [4.69, 9.17) is 5.11 Å². The van der Waals surface area contributed by atoms with Crippen molar-refractivity contribution in [2.45, 2.75) is 19.1 Å². The molecule has 4 rings (SSSR count). The van der Waals surface area contributed by atoms with E-state index in [1.54, 1.807) is 36.4 Å². The Bertz CT molecular complexity index is 1320. The highest BCUT2D eigenvalue weighted by Gasteiger charge is 2.36. The Balaban J connectivity index is 1.73. The van der Waals surface area contributed by atoms with Gasteiger partial charge >= 0.3 is 12.1 Å². The van der Waals surface area contributed by atoms with Gasteiger partial charge in [-0.2, -0.15) is 13.2 Å². The lowest BCUT2D eigenvalue weighted by atomic mass is 10.1. The molecule has 1 amide bonds. The summed E-state index contributed by atoms with van der Waals surface area (Å²) >= 11 is 6.89. The molecule has 5 nitrogen and oxygen atoms in total. The van der Waals surface area contributed by atoms with Crippen molar-refractivity contribution in [3.8, 4) is 0 Å². The Kier molecular flexibility index (Phi) is 6.64. The van der Waals surface area contributed by atoms with E-state index < -0.39 is 23.6 Å². The van der Waals surface area contributed by atoms with E-state index in [0.717, 1.165) is 12.1 Å². The van der Waals surface area contributed by atoms with Crippen LogP contribution in [0.4, 0.5) is 24.5 Å². The van der Waals surface area contributed by atoms with Crippen LogP contribution in [-0.2, 0) is 28.7 Å². The molecule has 0 radical (unpaired) electrons. The van der Waals surface area contributed by atoms with Crippen molar-refractivity contribution in [2.24, 2.45) is 4.99 Å². The van der Waals surface area contributed by atoms with E-state index in [1.807, 2.05) is 0 Å². The molecule has 1 aliphatic rings. The molecule has 10 heteroatoms. The van der Waals surface area contributed by atoms with Crippen molar-refractivity contribution in [3.05, 3.63) is 91.9 Å². The van der Waals surface area contributed by atoms with Gasteiger partial charge in [0.2, 0.25) is 0 Å². The number of halogens is 5. The fourth-order valence-electron chi connectivity index (χ4n) is 3.65. The number of rotatable bonds is 5. The zero-order valence-corrected chi connectivity index (χ0v) is 20.4. The summed E-state index contributed by atoms with van der Waals surface area (Å²) in [6.07, 6.45) is -4.63. The number of carboxylic acid groups (broad SMARTS) is 1. The SMILES string of the molecule is O=C(O)Cc1cccc(/N=C2\C(=O)N(Cc3ccc(C(F)(F)F)cc3)c3c(Br)cc(Br)cc32)c1. The van der Waals surface area contributed by atoms with Gasteiger partial charge in [-0.15, -0.1) is 0 Å². The molecule has 3 aromatic carbocycles. The van der Waals surface area contributed by atoms with Gasteiger partial charge in [0.15, 0.2) is 0 Å². The van der Waals surface area contributed by atoms with Crippen LogP contribution in [0.3, 0.4) is 0 Å². The first kappa shape index (κ1) is 24.2. The Morgan fingerprint density at radius 1 is 1.00 bits per heavy atom. The van der Waals surface area contributed by atoms with Crippen molar-refractivity contribution in [1.29, 1.82) is 0 Å². The lowest BCUT2D eigenvalue weighted by Gasteiger charge is -2.19. The van der Waals surface area contributed by atoms with Crippen LogP contribution < -0.4 is 4.90 Å². The van der Waals surface area contributed by atoms with Gasteiger partial charge in [-0.25, -0.2) is 4.99 Å². The van der Waals surface area contributed by atoms with Crippen LogP contribution in [0, 0.1) is 0 Å². The predicted molar refractivity (Wildman–Crippen MR) is 128 cm³/mol. The number of carbonyl (C=O) groups is 2. The van der Waals surface area contributed by atoms with Gasteiger partial charge in [0.25, 0.3) is 5.91 Å². The third-order valence-corrected chi connectivity index (χ3v) is 6.19. The zero-order chi connectivity index (χ0) is 24.6. The van der Waals surface area contributed by atoms with Crippen LogP contribution >= 0.6 is 31.9 Å². The largest absolute Gasteiger partial charge is 0.481 e. The summed E-state index contributed by atoms with van der Waals surface area (Å²) in [6.45, 7) is 0.0439. The highest BCUT2D eigenvalue weighted by Crippen LogP contribution is 2.40. The normalized spacial score (nSPS) is 14.6.